The lowest BCUT2D eigenvalue weighted by atomic mass is 9.75. The van der Waals surface area contributed by atoms with Crippen LogP contribution in [0.3, 0.4) is 0 Å². The van der Waals surface area contributed by atoms with Crippen molar-refractivity contribution < 1.29 is 14.6 Å². The third kappa shape index (κ3) is 1.93. The van der Waals surface area contributed by atoms with Crippen molar-refractivity contribution in [2.24, 2.45) is 0 Å². The Bertz CT molecular complexity index is 479. The van der Waals surface area contributed by atoms with Gasteiger partial charge in [-0.3, -0.25) is 4.79 Å². The SMILES string of the molecule is Cc1cc(C(C)(C)C)ccc1C1(C(=O)O)COC1. The Balaban J connectivity index is 2.45. The summed E-state index contributed by atoms with van der Waals surface area (Å²) in [7, 11) is 0. The van der Waals surface area contributed by atoms with E-state index in [-0.39, 0.29) is 18.6 Å². The van der Waals surface area contributed by atoms with Gasteiger partial charge in [0.15, 0.2) is 0 Å². The lowest BCUT2D eigenvalue weighted by molar-refractivity contribution is -0.163. The van der Waals surface area contributed by atoms with Crippen LogP contribution in [0.1, 0.15) is 37.5 Å². The molecule has 1 fully saturated rings. The summed E-state index contributed by atoms with van der Waals surface area (Å²) in [5, 5.41) is 9.41. The van der Waals surface area contributed by atoms with Crippen molar-refractivity contribution >= 4 is 5.97 Å². The number of carbonyl (C=O) groups is 1. The Morgan fingerprint density at radius 1 is 1.33 bits per heavy atom. The number of aryl methyl sites for hydroxylation is 1. The molecule has 1 aliphatic heterocycles. The highest BCUT2D eigenvalue weighted by atomic mass is 16.5. The van der Waals surface area contributed by atoms with Gasteiger partial charge >= 0.3 is 5.97 Å². The van der Waals surface area contributed by atoms with Crippen LogP contribution >= 0.6 is 0 Å². The lowest BCUT2D eigenvalue weighted by Crippen LogP contribution is -2.53. The summed E-state index contributed by atoms with van der Waals surface area (Å²) < 4.78 is 5.13. The molecule has 0 aromatic heterocycles. The number of carboxylic acids is 1. The van der Waals surface area contributed by atoms with Crippen molar-refractivity contribution in [2.45, 2.75) is 38.5 Å². The number of rotatable bonds is 2. The summed E-state index contributed by atoms with van der Waals surface area (Å²) in [6.45, 7) is 8.99. The molecular formula is C15H20O3. The van der Waals surface area contributed by atoms with Gasteiger partial charge in [-0.2, -0.15) is 0 Å². The van der Waals surface area contributed by atoms with Crippen LogP contribution in [-0.2, 0) is 20.4 Å². The second-order valence-electron chi connectivity index (χ2n) is 6.16. The van der Waals surface area contributed by atoms with E-state index in [1.165, 1.54) is 5.56 Å². The van der Waals surface area contributed by atoms with Crippen molar-refractivity contribution in [3.8, 4) is 0 Å². The van der Waals surface area contributed by atoms with Gasteiger partial charge in [-0.1, -0.05) is 39.0 Å². The molecule has 0 amide bonds. The Hall–Kier alpha value is -1.35. The van der Waals surface area contributed by atoms with Crippen LogP contribution in [0, 0.1) is 6.92 Å². The molecule has 0 atom stereocenters. The molecule has 3 heteroatoms. The summed E-state index contributed by atoms with van der Waals surface area (Å²) in [6, 6.07) is 6.08. The predicted octanol–water partition coefficient (Wildman–Crippen LogP) is 2.65. The van der Waals surface area contributed by atoms with E-state index in [1.807, 2.05) is 19.1 Å². The van der Waals surface area contributed by atoms with E-state index in [0.29, 0.717) is 0 Å². The third-order valence-corrected chi connectivity index (χ3v) is 3.71. The number of hydrogen-bond acceptors (Lipinski definition) is 2. The van der Waals surface area contributed by atoms with Crippen LogP contribution in [-0.4, -0.2) is 24.3 Å². The minimum absolute atomic E-state index is 0.0792. The summed E-state index contributed by atoms with van der Waals surface area (Å²) in [5.41, 5.74) is 2.39. The maximum Gasteiger partial charge on any atom is 0.318 e. The Morgan fingerprint density at radius 3 is 2.28 bits per heavy atom. The van der Waals surface area contributed by atoms with E-state index < -0.39 is 11.4 Å². The van der Waals surface area contributed by atoms with Gasteiger partial charge in [-0.15, -0.1) is 0 Å². The van der Waals surface area contributed by atoms with Gasteiger partial charge in [0, 0.05) is 0 Å². The van der Waals surface area contributed by atoms with Gasteiger partial charge in [0.1, 0.15) is 5.41 Å². The number of ether oxygens (including phenoxy) is 1. The van der Waals surface area contributed by atoms with E-state index in [9.17, 15) is 9.90 Å². The molecule has 2 rings (SSSR count). The summed E-state index contributed by atoms with van der Waals surface area (Å²) in [6.07, 6.45) is 0. The minimum Gasteiger partial charge on any atom is -0.480 e. The average molecular weight is 248 g/mol. The van der Waals surface area contributed by atoms with Crippen molar-refractivity contribution in [1.29, 1.82) is 0 Å². The zero-order chi connectivity index (χ0) is 13.6. The first kappa shape index (κ1) is 13.1. The fourth-order valence-corrected chi connectivity index (χ4v) is 2.37. The van der Waals surface area contributed by atoms with E-state index in [0.717, 1.165) is 11.1 Å². The normalized spacial score (nSPS) is 18.2. The van der Waals surface area contributed by atoms with Crippen LogP contribution in [0.2, 0.25) is 0 Å². The number of benzene rings is 1. The highest BCUT2D eigenvalue weighted by molar-refractivity contribution is 5.83. The molecule has 0 unspecified atom stereocenters. The van der Waals surface area contributed by atoms with Gasteiger partial charge in [0.05, 0.1) is 13.2 Å². The maximum atomic E-state index is 11.5. The molecule has 1 heterocycles. The molecule has 1 aliphatic rings. The standard InChI is InChI=1S/C15H20O3/c1-10-7-11(14(2,3)4)5-6-12(10)15(13(16)17)8-18-9-15/h5-7H,8-9H2,1-4H3,(H,16,17). The highest BCUT2D eigenvalue weighted by Gasteiger charge is 2.48. The molecule has 3 nitrogen and oxygen atoms in total. The number of aliphatic carboxylic acids is 1. The molecule has 1 saturated heterocycles. The van der Waals surface area contributed by atoms with Crippen LogP contribution in [0.5, 0.6) is 0 Å². The first-order valence-corrected chi connectivity index (χ1v) is 6.20. The smallest absolute Gasteiger partial charge is 0.318 e. The van der Waals surface area contributed by atoms with Crippen LogP contribution in [0.15, 0.2) is 18.2 Å². The fraction of sp³-hybridized carbons (Fsp3) is 0.533. The average Bonchev–Trinajstić information content (AvgIpc) is 2.16. The molecule has 18 heavy (non-hydrogen) atoms. The Labute approximate surface area is 108 Å². The van der Waals surface area contributed by atoms with Crippen molar-refractivity contribution in [1.82, 2.24) is 0 Å². The van der Waals surface area contributed by atoms with Crippen LogP contribution < -0.4 is 0 Å². The molecule has 0 radical (unpaired) electrons. The van der Waals surface area contributed by atoms with Crippen molar-refractivity contribution in [3.05, 3.63) is 34.9 Å². The van der Waals surface area contributed by atoms with Gasteiger partial charge in [-0.05, 0) is 29.0 Å². The number of carboxylic acid groups (broad SMARTS) is 1. The van der Waals surface area contributed by atoms with Crippen LogP contribution in [0.25, 0.3) is 0 Å². The van der Waals surface area contributed by atoms with Crippen LogP contribution in [0.4, 0.5) is 0 Å². The second kappa shape index (κ2) is 4.09. The molecular weight excluding hydrogens is 228 g/mol. The third-order valence-electron chi connectivity index (χ3n) is 3.71. The first-order valence-electron chi connectivity index (χ1n) is 6.20. The largest absolute Gasteiger partial charge is 0.480 e. The molecule has 0 bridgehead atoms. The van der Waals surface area contributed by atoms with Crippen molar-refractivity contribution in [3.63, 3.8) is 0 Å². The van der Waals surface area contributed by atoms with E-state index in [4.69, 9.17) is 4.74 Å². The van der Waals surface area contributed by atoms with Gasteiger partial charge in [-0.25, -0.2) is 0 Å². The quantitative estimate of drug-likeness (QED) is 0.875. The minimum atomic E-state index is -0.833. The van der Waals surface area contributed by atoms with Gasteiger partial charge in [0.2, 0.25) is 0 Å². The highest BCUT2D eigenvalue weighted by Crippen LogP contribution is 2.36. The van der Waals surface area contributed by atoms with E-state index >= 15 is 0 Å². The zero-order valence-electron chi connectivity index (χ0n) is 11.4. The van der Waals surface area contributed by atoms with Crippen molar-refractivity contribution in [2.75, 3.05) is 13.2 Å². The number of hydrogen-bond donors (Lipinski definition) is 1. The fourth-order valence-electron chi connectivity index (χ4n) is 2.37. The van der Waals surface area contributed by atoms with Gasteiger partial charge in [0.25, 0.3) is 0 Å². The first-order chi connectivity index (χ1) is 8.27. The van der Waals surface area contributed by atoms with E-state index in [1.54, 1.807) is 0 Å². The topological polar surface area (TPSA) is 46.5 Å². The van der Waals surface area contributed by atoms with Gasteiger partial charge < -0.3 is 9.84 Å². The predicted molar refractivity (Wildman–Crippen MR) is 70.0 cm³/mol. The second-order valence-corrected chi connectivity index (χ2v) is 6.16. The van der Waals surface area contributed by atoms with E-state index in [2.05, 4.69) is 26.8 Å². The molecule has 0 aliphatic carbocycles. The molecule has 0 spiro atoms. The Kier molecular flexibility index (Phi) is 2.98. The summed E-state index contributed by atoms with van der Waals surface area (Å²) >= 11 is 0. The molecule has 1 aromatic rings. The Morgan fingerprint density at radius 2 is 1.94 bits per heavy atom. The molecule has 0 saturated carbocycles. The molecule has 1 N–H and O–H groups in total. The summed E-state index contributed by atoms with van der Waals surface area (Å²) in [5.74, 6) is -0.791. The maximum absolute atomic E-state index is 11.5. The zero-order valence-corrected chi connectivity index (χ0v) is 11.4. The lowest BCUT2D eigenvalue weighted by Gasteiger charge is -2.39. The summed E-state index contributed by atoms with van der Waals surface area (Å²) in [4.78, 5) is 11.5. The molecule has 98 valence electrons. The monoisotopic (exact) mass is 248 g/mol. The molecule has 1 aromatic carbocycles.